The van der Waals surface area contributed by atoms with Gasteiger partial charge in [0, 0.05) is 31.4 Å². The van der Waals surface area contributed by atoms with Crippen molar-refractivity contribution in [1.29, 1.82) is 0 Å². The Morgan fingerprint density at radius 3 is 2.56 bits per heavy atom. The number of ketones is 1. The largest absolute Gasteiger partial charge is 0.481 e. The zero-order chi connectivity index (χ0) is 18.3. The van der Waals surface area contributed by atoms with E-state index in [4.69, 9.17) is 9.94 Å². The number of carbonyl (C=O) groups is 2. The van der Waals surface area contributed by atoms with Crippen LogP contribution in [-0.4, -0.2) is 29.2 Å². The summed E-state index contributed by atoms with van der Waals surface area (Å²) < 4.78 is 0. The number of nitrogens with zero attached hydrogens (tertiary/aromatic N) is 1. The fourth-order valence-corrected chi connectivity index (χ4v) is 3.02. The van der Waals surface area contributed by atoms with Crippen molar-refractivity contribution in [3.8, 4) is 0 Å². The summed E-state index contributed by atoms with van der Waals surface area (Å²) in [6.45, 7) is 2.16. The van der Waals surface area contributed by atoms with E-state index in [1.165, 1.54) is 12.8 Å². The fourth-order valence-electron chi connectivity index (χ4n) is 3.02. The molecule has 0 bridgehead atoms. The van der Waals surface area contributed by atoms with Gasteiger partial charge in [0.05, 0.1) is 0 Å². The van der Waals surface area contributed by atoms with Gasteiger partial charge in [-0.05, 0) is 25.3 Å². The molecule has 25 heavy (non-hydrogen) atoms. The van der Waals surface area contributed by atoms with Gasteiger partial charge in [-0.15, -0.1) is 0 Å². The van der Waals surface area contributed by atoms with Crippen LogP contribution in [0, 0.1) is 5.92 Å². The highest BCUT2D eigenvalue weighted by Crippen LogP contribution is 2.23. The van der Waals surface area contributed by atoms with Crippen LogP contribution in [0.3, 0.4) is 0 Å². The van der Waals surface area contributed by atoms with Crippen molar-refractivity contribution in [3.63, 3.8) is 0 Å². The summed E-state index contributed by atoms with van der Waals surface area (Å²) in [4.78, 5) is 27.9. The number of rotatable bonds is 15. The lowest BCUT2D eigenvalue weighted by Crippen LogP contribution is -2.18. The minimum absolute atomic E-state index is 0.0307. The molecule has 1 N–H and O–H groups in total. The van der Waals surface area contributed by atoms with E-state index in [0.717, 1.165) is 51.4 Å². The Hall–Kier alpha value is -1.65. The molecule has 1 rings (SSSR count). The van der Waals surface area contributed by atoms with Gasteiger partial charge < -0.3 is 9.94 Å². The lowest BCUT2D eigenvalue weighted by atomic mass is 9.92. The zero-order valence-electron chi connectivity index (χ0n) is 15.5. The third-order valence-electron chi connectivity index (χ3n) is 4.57. The average molecular weight is 351 g/mol. The highest BCUT2D eigenvalue weighted by atomic mass is 16.6. The van der Waals surface area contributed by atoms with Crippen molar-refractivity contribution < 1.29 is 19.5 Å². The molecule has 0 aromatic heterocycles. The van der Waals surface area contributed by atoms with E-state index in [-0.39, 0.29) is 24.2 Å². The molecular formula is C20H33NO4. The van der Waals surface area contributed by atoms with Gasteiger partial charge in [-0.1, -0.05) is 56.7 Å². The number of unbranched alkanes of at least 4 members (excludes halogenated alkanes) is 6. The summed E-state index contributed by atoms with van der Waals surface area (Å²) in [7, 11) is 0. The predicted molar refractivity (Wildman–Crippen MR) is 99.7 cm³/mol. The van der Waals surface area contributed by atoms with E-state index < -0.39 is 5.97 Å². The topological polar surface area (TPSA) is 76.0 Å². The second-order valence-corrected chi connectivity index (χ2v) is 6.81. The van der Waals surface area contributed by atoms with E-state index in [9.17, 15) is 9.59 Å². The van der Waals surface area contributed by atoms with Crippen molar-refractivity contribution in [1.82, 2.24) is 0 Å². The van der Waals surface area contributed by atoms with Gasteiger partial charge in [-0.3, -0.25) is 9.59 Å². The molecular weight excluding hydrogens is 318 g/mol. The van der Waals surface area contributed by atoms with Crippen molar-refractivity contribution in [2.45, 2.75) is 90.1 Å². The van der Waals surface area contributed by atoms with Crippen LogP contribution in [-0.2, 0) is 14.4 Å². The maximum absolute atomic E-state index is 12.0. The Bertz CT molecular complexity index is 437. The molecule has 5 nitrogen and oxygen atoms in total. The van der Waals surface area contributed by atoms with Crippen molar-refractivity contribution in [3.05, 3.63) is 12.2 Å². The SMILES string of the molecule is CCCCCCC(=O)/C=C/[C@@H](CCCCCCC(=O)O)C1CC=NO1. The smallest absolute Gasteiger partial charge is 0.303 e. The van der Waals surface area contributed by atoms with Crippen LogP contribution in [0.1, 0.15) is 84.0 Å². The molecule has 5 heteroatoms. The summed E-state index contributed by atoms with van der Waals surface area (Å²) in [5, 5.41) is 12.5. The van der Waals surface area contributed by atoms with E-state index in [1.54, 1.807) is 12.3 Å². The minimum Gasteiger partial charge on any atom is -0.481 e. The number of aliphatic carboxylic acids is 1. The average Bonchev–Trinajstić information content (AvgIpc) is 3.11. The van der Waals surface area contributed by atoms with E-state index in [2.05, 4.69) is 12.1 Å². The first-order valence-corrected chi connectivity index (χ1v) is 9.74. The first kappa shape index (κ1) is 21.4. The van der Waals surface area contributed by atoms with Crippen LogP contribution >= 0.6 is 0 Å². The Morgan fingerprint density at radius 2 is 1.88 bits per heavy atom. The number of allylic oxidation sites excluding steroid dienone is 1. The summed E-state index contributed by atoms with van der Waals surface area (Å²) in [5.74, 6) is -0.335. The summed E-state index contributed by atoms with van der Waals surface area (Å²) in [5.41, 5.74) is 0. The second-order valence-electron chi connectivity index (χ2n) is 6.81. The lowest BCUT2D eigenvalue weighted by Gasteiger charge is -2.18. The van der Waals surface area contributed by atoms with Crippen LogP contribution in [0.2, 0.25) is 0 Å². The predicted octanol–water partition coefficient (Wildman–Crippen LogP) is 4.90. The maximum atomic E-state index is 12.0. The molecule has 1 aliphatic heterocycles. The van der Waals surface area contributed by atoms with E-state index in [1.807, 2.05) is 6.08 Å². The number of carbonyl (C=O) groups excluding carboxylic acids is 1. The molecule has 0 aromatic carbocycles. The number of carboxylic acids is 1. The van der Waals surface area contributed by atoms with E-state index in [0.29, 0.717) is 6.42 Å². The van der Waals surface area contributed by atoms with Crippen LogP contribution in [0.5, 0.6) is 0 Å². The van der Waals surface area contributed by atoms with E-state index >= 15 is 0 Å². The molecule has 0 aromatic rings. The maximum Gasteiger partial charge on any atom is 0.303 e. The monoisotopic (exact) mass is 351 g/mol. The molecule has 0 radical (unpaired) electrons. The standard InChI is InChI=1S/C20H33NO4/c1-2-3-4-8-11-18(22)14-13-17(19-15-16-21-25-19)10-7-5-6-9-12-20(23)24/h13-14,16-17,19H,2-12,15H2,1H3,(H,23,24)/b14-13+/t17-,19?/m1/s1. The third-order valence-corrected chi connectivity index (χ3v) is 4.57. The quantitative estimate of drug-likeness (QED) is 0.336. The van der Waals surface area contributed by atoms with Crippen LogP contribution < -0.4 is 0 Å². The van der Waals surface area contributed by atoms with Crippen molar-refractivity contribution in [2.75, 3.05) is 0 Å². The first-order chi connectivity index (χ1) is 12.1. The first-order valence-electron chi connectivity index (χ1n) is 9.74. The summed E-state index contributed by atoms with van der Waals surface area (Å²) >= 11 is 0. The molecule has 0 saturated carbocycles. The van der Waals surface area contributed by atoms with Crippen LogP contribution in [0.15, 0.2) is 17.3 Å². The third kappa shape index (κ3) is 10.7. The molecule has 0 spiro atoms. The molecule has 142 valence electrons. The molecule has 1 unspecified atom stereocenters. The summed E-state index contributed by atoms with van der Waals surface area (Å²) in [6, 6.07) is 0. The lowest BCUT2D eigenvalue weighted by molar-refractivity contribution is -0.137. The minimum atomic E-state index is -0.727. The molecule has 0 fully saturated rings. The van der Waals surface area contributed by atoms with Crippen molar-refractivity contribution >= 4 is 18.0 Å². The zero-order valence-corrected chi connectivity index (χ0v) is 15.5. The summed E-state index contributed by atoms with van der Waals surface area (Å²) in [6.07, 6.45) is 16.3. The fraction of sp³-hybridized carbons (Fsp3) is 0.750. The number of carboxylic acid groups (broad SMARTS) is 1. The molecule has 0 saturated heterocycles. The van der Waals surface area contributed by atoms with Gasteiger partial charge in [0.1, 0.15) is 6.10 Å². The number of hydrogen-bond acceptors (Lipinski definition) is 4. The molecule has 0 amide bonds. The molecule has 1 heterocycles. The second kappa shape index (κ2) is 13.6. The highest BCUT2D eigenvalue weighted by molar-refractivity contribution is 5.89. The van der Waals surface area contributed by atoms with Crippen molar-refractivity contribution in [2.24, 2.45) is 11.1 Å². The number of hydrogen-bond donors (Lipinski definition) is 1. The van der Waals surface area contributed by atoms with Gasteiger partial charge in [0.15, 0.2) is 5.78 Å². The van der Waals surface area contributed by atoms with Crippen LogP contribution in [0.25, 0.3) is 0 Å². The van der Waals surface area contributed by atoms with Crippen LogP contribution in [0.4, 0.5) is 0 Å². The Labute approximate surface area is 151 Å². The van der Waals surface area contributed by atoms with Gasteiger partial charge in [0.25, 0.3) is 0 Å². The Balaban J connectivity index is 2.31. The Morgan fingerprint density at radius 1 is 1.16 bits per heavy atom. The molecule has 1 aliphatic rings. The number of oxime groups is 1. The normalized spacial score (nSPS) is 17.7. The van der Waals surface area contributed by atoms with Gasteiger partial charge in [0.2, 0.25) is 0 Å². The van der Waals surface area contributed by atoms with Gasteiger partial charge >= 0.3 is 5.97 Å². The molecule has 0 aliphatic carbocycles. The molecule has 2 atom stereocenters. The Kier molecular flexibility index (Phi) is 11.7. The highest BCUT2D eigenvalue weighted by Gasteiger charge is 2.23. The van der Waals surface area contributed by atoms with Gasteiger partial charge in [-0.25, -0.2) is 0 Å². The van der Waals surface area contributed by atoms with Gasteiger partial charge in [-0.2, -0.15) is 0 Å².